The molecule has 4 aromatic rings. The third kappa shape index (κ3) is 6.47. The van der Waals surface area contributed by atoms with Crippen LogP contribution in [0.2, 0.25) is 0 Å². The van der Waals surface area contributed by atoms with Crippen molar-refractivity contribution in [2.24, 2.45) is 0 Å². The molecule has 0 spiro atoms. The van der Waals surface area contributed by atoms with Gasteiger partial charge >= 0.3 is 6.18 Å². The summed E-state index contributed by atoms with van der Waals surface area (Å²) in [6, 6.07) is 20.8. The van der Waals surface area contributed by atoms with E-state index in [0.717, 1.165) is 18.9 Å². The van der Waals surface area contributed by atoms with Gasteiger partial charge < -0.3 is 15.1 Å². The maximum absolute atomic E-state index is 13.4. The predicted molar refractivity (Wildman–Crippen MR) is 138 cm³/mol. The molecule has 6 nitrogen and oxygen atoms in total. The maximum atomic E-state index is 13.4. The van der Waals surface area contributed by atoms with E-state index in [9.17, 15) is 22.8 Å². The number of hydrogen-bond acceptors (Lipinski definition) is 4. The van der Waals surface area contributed by atoms with Crippen LogP contribution in [0.1, 0.15) is 47.8 Å². The number of aromatic nitrogens is 1. The zero-order valence-electron chi connectivity index (χ0n) is 20.6. The van der Waals surface area contributed by atoms with Gasteiger partial charge in [-0.3, -0.25) is 9.59 Å². The number of hydrogen-bond donors (Lipinski definition) is 2. The normalized spacial score (nSPS) is 11.3. The van der Waals surface area contributed by atoms with E-state index in [1.165, 1.54) is 18.2 Å². The molecule has 2 amide bonds. The summed E-state index contributed by atoms with van der Waals surface area (Å²) in [5.41, 5.74) is 0.801. The largest absolute Gasteiger partial charge is 0.435 e. The highest BCUT2D eigenvalue weighted by Crippen LogP contribution is 2.33. The minimum absolute atomic E-state index is 0.0620. The van der Waals surface area contributed by atoms with E-state index >= 15 is 0 Å². The van der Waals surface area contributed by atoms with Crippen LogP contribution in [0.5, 0.6) is 0 Å². The molecule has 9 heteroatoms. The third-order valence-corrected chi connectivity index (χ3v) is 5.81. The predicted octanol–water partition coefficient (Wildman–Crippen LogP) is 7.09. The van der Waals surface area contributed by atoms with Gasteiger partial charge in [0, 0.05) is 29.8 Å². The lowest BCUT2D eigenvalue weighted by atomic mass is 10.1. The summed E-state index contributed by atoms with van der Waals surface area (Å²) in [5.74, 6) is -0.419. The molecule has 1 heterocycles. The Balaban J connectivity index is 1.61. The topological polar surface area (TPSA) is 84.2 Å². The number of unbranched alkanes of at least 4 members (excludes halogenated alkanes) is 1. The van der Waals surface area contributed by atoms with Gasteiger partial charge in [0.25, 0.3) is 5.91 Å². The van der Waals surface area contributed by atoms with Crippen LogP contribution in [0.4, 0.5) is 18.9 Å². The smallest absolute Gasteiger partial charge is 0.416 e. The van der Waals surface area contributed by atoms with Gasteiger partial charge in [-0.15, -0.1) is 0 Å². The Labute approximate surface area is 217 Å². The van der Waals surface area contributed by atoms with Gasteiger partial charge in [0.05, 0.1) is 5.56 Å². The van der Waals surface area contributed by atoms with E-state index in [-0.39, 0.29) is 35.4 Å². The number of amides is 2. The summed E-state index contributed by atoms with van der Waals surface area (Å²) in [7, 11) is 0. The SMILES string of the molecule is CCCCC(=O)Nc1ccc(-c2oc(-c3ccccc3)nc2C(=O)NCc2ccccc2C(F)(F)F)cc1. The van der Waals surface area contributed by atoms with Crippen molar-refractivity contribution in [3.8, 4) is 22.8 Å². The van der Waals surface area contributed by atoms with Crippen LogP contribution in [0.3, 0.4) is 0 Å². The monoisotopic (exact) mass is 521 g/mol. The van der Waals surface area contributed by atoms with E-state index in [1.54, 1.807) is 48.5 Å². The fourth-order valence-corrected chi connectivity index (χ4v) is 3.85. The lowest BCUT2D eigenvalue weighted by molar-refractivity contribution is -0.138. The number of anilines is 1. The number of nitrogens with zero attached hydrogens (tertiary/aromatic N) is 1. The molecule has 0 aliphatic rings. The van der Waals surface area contributed by atoms with Gasteiger partial charge in [-0.05, 0) is 54.4 Å². The number of carbonyl (C=O) groups is 2. The van der Waals surface area contributed by atoms with Gasteiger partial charge in [0.2, 0.25) is 11.8 Å². The lowest BCUT2D eigenvalue weighted by Gasteiger charge is -2.13. The number of rotatable bonds is 9. The number of carbonyl (C=O) groups excluding carboxylic acids is 2. The zero-order chi connectivity index (χ0) is 27.1. The van der Waals surface area contributed by atoms with E-state index in [0.29, 0.717) is 23.2 Å². The number of halogens is 3. The lowest BCUT2D eigenvalue weighted by Crippen LogP contribution is -2.25. The highest BCUT2D eigenvalue weighted by atomic mass is 19.4. The number of benzene rings is 3. The highest BCUT2D eigenvalue weighted by molar-refractivity contribution is 5.98. The first-order valence-corrected chi connectivity index (χ1v) is 12.2. The number of nitrogens with one attached hydrogen (secondary N) is 2. The van der Waals surface area contributed by atoms with Gasteiger partial charge in [-0.1, -0.05) is 49.7 Å². The minimum atomic E-state index is -4.55. The van der Waals surface area contributed by atoms with Crippen molar-refractivity contribution in [1.82, 2.24) is 10.3 Å². The Morgan fingerprint density at radius 3 is 2.26 bits per heavy atom. The van der Waals surface area contributed by atoms with Gasteiger partial charge in [0.1, 0.15) is 0 Å². The molecule has 0 atom stereocenters. The second-order valence-electron chi connectivity index (χ2n) is 8.63. The van der Waals surface area contributed by atoms with Crippen LogP contribution in [0.15, 0.2) is 83.3 Å². The maximum Gasteiger partial charge on any atom is 0.416 e. The van der Waals surface area contributed by atoms with E-state index < -0.39 is 17.6 Å². The molecule has 0 aliphatic heterocycles. The average molecular weight is 522 g/mol. The molecule has 0 aliphatic carbocycles. The number of oxazole rings is 1. The molecule has 0 fully saturated rings. The Bertz CT molecular complexity index is 1400. The van der Waals surface area contributed by atoms with Gasteiger partial charge in [0.15, 0.2) is 11.5 Å². The fraction of sp³-hybridized carbons (Fsp3) is 0.207. The van der Waals surface area contributed by atoms with E-state index in [1.807, 2.05) is 13.0 Å². The Kier molecular flexibility index (Phi) is 8.25. The van der Waals surface area contributed by atoms with Crippen LogP contribution in [0, 0.1) is 0 Å². The van der Waals surface area contributed by atoms with Crippen molar-refractivity contribution in [3.63, 3.8) is 0 Å². The summed E-state index contributed by atoms with van der Waals surface area (Å²) < 4.78 is 46.1. The fourth-order valence-electron chi connectivity index (χ4n) is 3.85. The quantitative estimate of drug-likeness (QED) is 0.246. The third-order valence-electron chi connectivity index (χ3n) is 5.81. The van der Waals surface area contributed by atoms with Crippen molar-refractivity contribution in [3.05, 3.63) is 95.7 Å². The second-order valence-corrected chi connectivity index (χ2v) is 8.63. The number of alkyl halides is 3. The molecule has 0 saturated carbocycles. The average Bonchev–Trinajstić information content (AvgIpc) is 3.37. The molecule has 38 heavy (non-hydrogen) atoms. The van der Waals surface area contributed by atoms with Crippen molar-refractivity contribution in [2.75, 3.05) is 5.32 Å². The van der Waals surface area contributed by atoms with Gasteiger partial charge in [-0.2, -0.15) is 13.2 Å². The first kappa shape index (κ1) is 26.7. The van der Waals surface area contributed by atoms with Crippen molar-refractivity contribution >= 4 is 17.5 Å². The zero-order valence-corrected chi connectivity index (χ0v) is 20.6. The Morgan fingerprint density at radius 1 is 0.895 bits per heavy atom. The highest BCUT2D eigenvalue weighted by Gasteiger charge is 2.33. The molecule has 0 radical (unpaired) electrons. The van der Waals surface area contributed by atoms with Crippen LogP contribution in [0.25, 0.3) is 22.8 Å². The molecule has 2 N–H and O–H groups in total. The van der Waals surface area contributed by atoms with Crippen molar-refractivity contribution < 1.29 is 27.2 Å². The van der Waals surface area contributed by atoms with Crippen LogP contribution in [-0.4, -0.2) is 16.8 Å². The molecule has 196 valence electrons. The van der Waals surface area contributed by atoms with E-state index in [4.69, 9.17) is 4.42 Å². The first-order valence-electron chi connectivity index (χ1n) is 12.2. The molecule has 3 aromatic carbocycles. The summed E-state index contributed by atoms with van der Waals surface area (Å²) in [6.07, 6.45) is -2.43. The molecule has 1 aromatic heterocycles. The summed E-state index contributed by atoms with van der Waals surface area (Å²) in [5, 5.41) is 5.36. The van der Waals surface area contributed by atoms with Crippen LogP contribution < -0.4 is 10.6 Å². The van der Waals surface area contributed by atoms with E-state index in [2.05, 4.69) is 15.6 Å². The van der Waals surface area contributed by atoms with Crippen molar-refractivity contribution in [1.29, 1.82) is 0 Å². The molecule has 0 bridgehead atoms. The standard InChI is InChI=1S/C29H26F3N3O3/c1-2-3-13-24(36)34-22-16-14-19(15-17-22)26-25(35-28(38-26)20-9-5-4-6-10-20)27(37)33-18-21-11-7-8-12-23(21)29(30,31)32/h4-12,14-17H,2-3,13,18H2,1H3,(H,33,37)(H,34,36). The molecule has 4 rings (SSSR count). The Morgan fingerprint density at radius 2 is 1.58 bits per heavy atom. The van der Waals surface area contributed by atoms with Crippen LogP contribution in [-0.2, 0) is 17.5 Å². The second kappa shape index (κ2) is 11.8. The Hall–Kier alpha value is -4.40. The van der Waals surface area contributed by atoms with Crippen molar-refractivity contribution in [2.45, 2.75) is 38.9 Å². The molecule has 0 saturated heterocycles. The summed E-state index contributed by atoms with van der Waals surface area (Å²) in [4.78, 5) is 29.6. The van der Waals surface area contributed by atoms with Crippen LogP contribution >= 0.6 is 0 Å². The molecule has 0 unspecified atom stereocenters. The molecular formula is C29H26F3N3O3. The summed E-state index contributed by atoms with van der Waals surface area (Å²) >= 11 is 0. The minimum Gasteiger partial charge on any atom is -0.435 e. The molecular weight excluding hydrogens is 495 g/mol. The summed E-state index contributed by atoms with van der Waals surface area (Å²) in [6.45, 7) is 1.66. The first-order chi connectivity index (χ1) is 18.3. The van der Waals surface area contributed by atoms with Gasteiger partial charge in [-0.25, -0.2) is 4.98 Å².